The molecule has 0 aliphatic heterocycles. The Morgan fingerprint density at radius 2 is 1.88 bits per heavy atom. The first-order chi connectivity index (χ1) is 7.59. The molecule has 6 heteroatoms. The number of nitrogens with zero attached hydrogens (tertiary/aromatic N) is 2. The first-order valence-corrected chi connectivity index (χ1v) is 4.32. The van der Waals surface area contributed by atoms with Crippen LogP contribution in [-0.2, 0) is 0 Å². The van der Waals surface area contributed by atoms with Gasteiger partial charge in [0.1, 0.15) is 0 Å². The Morgan fingerprint density at radius 1 is 1.12 bits per heavy atom. The minimum absolute atomic E-state index is 0.0504. The summed E-state index contributed by atoms with van der Waals surface area (Å²) in [5, 5.41) is 17.9. The van der Waals surface area contributed by atoms with E-state index in [9.17, 15) is 9.59 Å². The van der Waals surface area contributed by atoms with Gasteiger partial charge in [-0.05, 0) is 12.1 Å². The summed E-state index contributed by atoms with van der Waals surface area (Å²) in [5.41, 5.74) is 0.349. The third kappa shape index (κ3) is 1.56. The average Bonchev–Trinajstić information content (AvgIpc) is 2.27. The van der Waals surface area contributed by atoms with Crippen LogP contribution in [0.2, 0.25) is 0 Å². The van der Waals surface area contributed by atoms with Crippen molar-refractivity contribution in [1.82, 2.24) is 9.97 Å². The maximum Gasteiger partial charge on any atom is 0.373 e. The molecule has 0 atom stereocenters. The van der Waals surface area contributed by atoms with E-state index in [1.54, 1.807) is 0 Å². The van der Waals surface area contributed by atoms with Gasteiger partial charge < -0.3 is 10.2 Å². The molecule has 1 aromatic carbocycles. The Labute approximate surface area is 89.2 Å². The van der Waals surface area contributed by atoms with Crippen LogP contribution in [0.15, 0.2) is 24.4 Å². The van der Waals surface area contributed by atoms with E-state index >= 15 is 0 Å². The zero-order chi connectivity index (χ0) is 11.7. The molecule has 0 unspecified atom stereocenters. The number of carboxylic acids is 2. The number of rotatable bonds is 2. The monoisotopic (exact) mass is 218 g/mol. The molecule has 0 aliphatic rings. The summed E-state index contributed by atoms with van der Waals surface area (Å²) in [5.74, 6) is -2.70. The molecule has 1 aromatic heterocycles. The third-order valence-corrected chi connectivity index (χ3v) is 2.05. The summed E-state index contributed by atoms with van der Waals surface area (Å²) in [6, 6.07) is 4.45. The molecule has 6 nitrogen and oxygen atoms in total. The fourth-order valence-electron chi connectivity index (χ4n) is 1.34. The molecule has 0 bridgehead atoms. The molecular formula is C10H6N2O4. The molecule has 2 N–H and O–H groups in total. The van der Waals surface area contributed by atoms with Crippen LogP contribution < -0.4 is 0 Å². The molecule has 0 aliphatic carbocycles. The average molecular weight is 218 g/mol. The van der Waals surface area contributed by atoms with Gasteiger partial charge in [-0.25, -0.2) is 19.6 Å². The van der Waals surface area contributed by atoms with Crippen molar-refractivity contribution in [3.8, 4) is 0 Å². The zero-order valence-electron chi connectivity index (χ0n) is 7.91. The van der Waals surface area contributed by atoms with Crippen LogP contribution in [0, 0.1) is 0 Å². The van der Waals surface area contributed by atoms with Crippen molar-refractivity contribution in [2.45, 2.75) is 0 Å². The van der Waals surface area contributed by atoms with Crippen molar-refractivity contribution in [3.05, 3.63) is 35.8 Å². The van der Waals surface area contributed by atoms with Crippen molar-refractivity contribution in [2.75, 3.05) is 0 Å². The highest BCUT2D eigenvalue weighted by atomic mass is 16.4. The number of carbonyl (C=O) groups is 2. The predicted octanol–water partition coefficient (Wildman–Crippen LogP) is 1.03. The van der Waals surface area contributed by atoms with Gasteiger partial charge >= 0.3 is 11.9 Å². The molecule has 0 fully saturated rings. The summed E-state index contributed by atoms with van der Waals surface area (Å²) in [4.78, 5) is 28.8. The minimum Gasteiger partial charge on any atom is -0.478 e. The Balaban J connectivity index is 2.73. The van der Waals surface area contributed by atoms with Crippen LogP contribution in [0.3, 0.4) is 0 Å². The lowest BCUT2D eigenvalue weighted by Crippen LogP contribution is -2.05. The molecule has 0 amide bonds. The lowest BCUT2D eigenvalue weighted by atomic mass is 10.1. The Hall–Kier alpha value is -2.50. The Bertz CT molecular complexity index is 594. The largest absolute Gasteiger partial charge is 0.478 e. The molecule has 0 radical (unpaired) electrons. The highest BCUT2D eigenvalue weighted by Crippen LogP contribution is 2.16. The number of hydrogen-bond donors (Lipinski definition) is 2. The molecule has 2 aromatic rings. The van der Waals surface area contributed by atoms with Crippen LogP contribution in [0.1, 0.15) is 21.0 Å². The number of aromatic carboxylic acids is 2. The standard InChI is InChI=1S/C10H6N2O4/c13-9(14)5-2-1-3-7-6(5)4-11-8(12-7)10(15)16/h1-4H,(H,13,14)(H,15,16). The van der Waals surface area contributed by atoms with Gasteiger partial charge in [-0.3, -0.25) is 0 Å². The van der Waals surface area contributed by atoms with E-state index < -0.39 is 11.9 Å². The van der Waals surface area contributed by atoms with Crippen molar-refractivity contribution < 1.29 is 19.8 Å². The van der Waals surface area contributed by atoms with E-state index in [4.69, 9.17) is 10.2 Å². The van der Waals surface area contributed by atoms with Crippen LogP contribution in [0.4, 0.5) is 0 Å². The van der Waals surface area contributed by atoms with Crippen molar-refractivity contribution in [2.24, 2.45) is 0 Å². The van der Waals surface area contributed by atoms with E-state index in [0.717, 1.165) is 0 Å². The highest BCUT2D eigenvalue weighted by Gasteiger charge is 2.12. The van der Waals surface area contributed by atoms with Gasteiger partial charge in [0.2, 0.25) is 5.82 Å². The van der Waals surface area contributed by atoms with Gasteiger partial charge in [0.25, 0.3) is 0 Å². The van der Waals surface area contributed by atoms with Crippen molar-refractivity contribution in [1.29, 1.82) is 0 Å². The van der Waals surface area contributed by atoms with E-state index in [2.05, 4.69) is 9.97 Å². The van der Waals surface area contributed by atoms with Gasteiger partial charge in [-0.1, -0.05) is 6.07 Å². The van der Waals surface area contributed by atoms with Crippen molar-refractivity contribution in [3.63, 3.8) is 0 Å². The summed E-state index contributed by atoms with van der Waals surface area (Å²) >= 11 is 0. The number of benzene rings is 1. The highest BCUT2D eigenvalue weighted by molar-refractivity contribution is 6.02. The summed E-state index contributed by atoms with van der Waals surface area (Å²) < 4.78 is 0. The van der Waals surface area contributed by atoms with Crippen molar-refractivity contribution >= 4 is 22.8 Å². The molecule has 0 spiro atoms. The first kappa shape index (κ1) is 10.0. The quantitative estimate of drug-likeness (QED) is 0.780. The number of aromatic nitrogens is 2. The molecular weight excluding hydrogens is 212 g/mol. The smallest absolute Gasteiger partial charge is 0.373 e. The van der Waals surface area contributed by atoms with E-state index in [0.29, 0.717) is 10.9 Å². The summed E-state index contributed by atoms with van der Waals surface area (Å²) in [6.07, 6.45) is 1.20. The van der Waals surface area contributed by atoms with Gasteiger partial charge in [0, 0.05) is 11.6 Å². The Morgan fingerprint density at radius 3 is 2.50 bits per heavy atom. The fourth-order valence-corrected chi connectivity index (χ4v) is 1.34. The maximum absolute atomic E-state index is 10.9. The second-order valence-corrected chi connectivity index (χ2v) is 3.04. The van der Waals surface area contributed by atoms with Crippen LogP contribution in [0.25, 0.3) is 10.9 Å². The molecule has 16 heavy (non-hydrogen) atoms. The van der Waals surface area contributed by atoms with Crippen LogP contribution >= 0.6 is 0 Å². The SMILES string of the molecule is O=C(O)c1ncc2c(C(=O)O)cccc2n1. The number of carboxylic acid groups (broad SMARTS) is 2. The molecule has 1 heterocycles. The Kier molecular flexibility index (Phi) is 2.24. The second-order valence-electron chi connectivity index (χ2n) is 3.04. The minimum atomic E-state index is -1.25. The molecule has 2 rings (SSSR count). The molecule has 0 saturated heterocycles. The first-order valence-electron chi connectivity index (χ1n) is 4.32. The lowest BCUT2D eigenvalue weighted by Gasteiger charge is -2.01. The topological polar surface area (TPSA) is 100 Å². The number of fused-ring (bicyclic) bond motifs is 1. The number of hydrogen-bond acceptors (Lipinski definition) is 4. The summed E-state index contributed by atoms with van der Waals surface area (Å²) in [6.45, 7) is 0. The van der Waals surface area contributed by atoms with Crippen LogP contribution in [0.5, 0.6) is 0 Å². The molecule has 80 valence electrons. The molecule has 0 saturated carbocycles. The van der Waals surface area contributed by atoms with Gasteiger partial charge in [0.05, 0.1) is 11.1 Å². The lowest BCUT2D eigenvalue weighted by molar-refractivity contribution is 0.0679. The summed E-state index contributed by atoms with van der Waals surface area (Å²) in [7, 11) is 0. The maximum atomic E-state index is 10.9. The van der Waals surface area contributed by atoms with Gasteiger partial charge in [-0.15, -0.1) is 0 Å². The van der Waals surface area contributed by atoms with E-state index in [1.165, 1.54) is 24.4 Å². The third-order valence-electron chi connectivity index (χ3n) is 2.05. The van der Waals surface area contributed by atoms with Crippen LogP contribution in [-0.4, -0.2) is 32.1 Å². The fraction of sp³-hybridized carbons (Fsp3) is 0. The predicted molar refractivity (Wildman–Crippen MR) is 53.5 cm³/mol. The zero-order valence-corrected chi connectivity index (χ0v) is 7.91. The van der Waals surface area contributed by atoms with Gasteiger partial charge in [0.15, 0.2) is 0 Å². The van der Waals surface area contributed by atoms with E-state index in [-0.39, 0.29) is 11.4 Å². The second kappa shape index (κ2) is 3.58. The normalized spacial score (nSPS) is 10.2. The van der Waals surface area contributed by atoms with Gasteiger partial charge in [-0.2, -0.15) is 0 Å². The van der Waals surface area contributed by atoms with E-state index in [1.807, 2.05) is 0 Å².